The van der Waals surface area contributed by atoms with Crippen LogP contribution in [0, 0.1) is 0 Å². The number of aliphatic hydroxyl groups is 5. The number of allylic oxidation sites excluding steroid dienone is 3. The van der Waals surface area contributed by atoms with Gasteiger partial charge in [-0.1, -0.05) is 282 Å². The van der Waals surface area contributed by atoms with Crippen molar-refractivity contribution in [2.24, 2.45) is 0 Å². The Kier molecular flexibility index (Phi) is 49.7. The number of amides is 1. The molecule has 0 aliphatic carbocycles. The van der Waals surface area contributed by atoms with E-state index in [4.69, 9.17) is 9.47 Å². The summed E-state index contributed by atoms with van der Waals surface area (Å²) < 4.78 is 11.2. The molecule has 1 aliphatic rings. The van der Waals surface area contributed by atoms with Gasteiger partial charge in [0.05, 0.1) is 25.4 Å². The van der Waals surface area contributed by atoms with Crippen LogP contribution in [-0.2, 0) is 14.3 Å². The van der Waals surface area contributed by atoms with Crippen molar-refractivity contribution in [3.05, 3.63) is 24.3 Å². The maximum Gasteiger partial charge on any atom is 0.220 e. The van der Waals surface area contributed by atoms with Gasteiger partial charge < -0.3 is 40.3 Å². The predicted octanol–water partition coefficient (Wildman–Crippen LogP) is 15.7. The Balaban J connectivity index is 1.98. The minimum absolute atomic E-state index is 0.175. The minimum Gasteiger partial charge on any atom is -0.394 e. The molecular weight excluding hydrogens is 887 g/mol. The van der Waals surface area contributed by atoms with Gasteiger partial charge in [-0.05, 0) is 44.9 Å². The molecule has 9 heteroatoms. The number of unbranched alkanes of at least 4 members (excludes halogenated alkanes) is 42. The van der Waals surface area contributed by atoms with Crippen LogP contribution in [0.3, 0.4) is 0 Å². The van der Waals surface area contributed by atoms with E-state index in [0.717, 1.165) is 38.5 Å². The van der Waals surface area contributed by atoms with Gasteiger partial charge in [0.1, 0.15) is 24.4 Å². The molecule has 0 aromatic heterocycles. The number of ether oxygens (including phenoxy) is 2. The third-order valence-corrected chi connectivity index (χ3v) is 15.0. The molecule has 1 heterocycles. The van der Waals surface area contributed by atoms with E-state index < -0.39 is 49.5 Å². The van der Waals surface area contributed by atoms with Crippen LogP contribution in [0.25, 0.3) is 0 Å². The Bertz CT molecular complexity index is 1170. The van der Waals surface area contributed by atoms with E-state index in [1.54, 1.807) is 6.08 Å². The quantitative estimate of drug-likeness (QED) is 0.0261. The monoisotopic (exact) mass is 1010 g/mol. The van der Waals surface area contributed by atoms with Crippen molar-refractivity contribution in [2.45, 2.75) is 352 Å². The second-order valence-corrected chi connectivity index (χ2v) is 21.9. The average Bonchev–Trinajstić information content (AvgIpc) is 3.37. The van der Waals surface area contributed by atoms with Crippen molar-refractivity contribution in [3.63, 3.8) is 0 Å². The van der Waals surface area contributed by atoms with Crippen molar-refractivity contribution in [1.29, 1.82) is 0 Å². The number of nitrogens with one attached hydrogen (secondary N) is 1. The van der Waals surface area contributed by atoms with E-state index in [9.17, 15) is 30.3 Å². The van der Waals surface area contributed by atoms with Gasteiger partial charge in [0.2, 0.25) is 5.91 Å². The van der Waals surface area contributed by atoms with Gasteiger partial charge >= 0.3 is 0 Å². The van der Waals surface area contributed by atoms with Gasteiger partial charge in [-0.2, -0.15) is 0 Å². The Hall–Kier alpha value is -1.33. The highest BCUT2D eigenvalue weighted by Crippen LogP contribution is 2.23. The normalized spacial score (nSPS) is 19.3. The molecule has 0 bridgehead atoms. The molecule has 1 rings (SSSR count). The van der Waals surface area contributed by atoms with Crippen molar-refractivity contribution in [3.8, 4) is 0 Å². The molecule has 7 atom stereocenters. The molecule has 0 aromatic rings. The number of hydrogen-bond acceptors (Lipinski definition) is 8. The highest BCUT2D eigenvalue weighted by molar-refractivity contribution is 5.76. The SMILES string of the molecule is CCCCCCCCC/C=C/C(O)C(COC1OC(CO)C(O)C(O)C1O)NC(=O)CCCCCCCCCCCCCCCCCCC/C=C\CCCCCCCCCCCCCCCCCCCC. The number of hydrogen-bond donors (Lipinski definition) is 6. The fourth-order valence-electron chi connectivity index (χ4n) is 10.1. The maximum atomic E-state index is 13.0. The molecule has 1 saturated heterocycles. The number of carbonyl (C=O) groups is 1. The van der Waals surface area contributed by atoms with Crippen molar-refractivity contribution in [1.82, 2.24) is 5.32 Å². The molecule has 0 saturated carbocycles. The molecule has 1 fully saturated rings. The van der Waals surface area contributed by atoms with Crippen LogP contribution in [-0.4, -0.2) is 87.5 Å². The maximum absolute atomic E-state index is 13.0. The molecule has 71 heavy (non-hydrogen) atoms. The second kappa shape index (κ2) is 52.1. The third-order valence-electron chi connectivity index (χ3n) is 15.0. The summed E-state index contributed by atoms with van der Waals surface area (Å²) in [4.78, 5) is 13.0. The fourth-order valence-corrected chi connectivity index (χ4v) is 10.1. The van der Waals surface area contributed by atoms with E-state index >= 15 is 0 Å². The topological polar surface area (TPSA) is 149 Å². The standard InChI is InChI=1S/C62H119NO8/c1-3-5-7-9-11-13-14-15-16-17-18-19-20-21-22-23-24-25-26-27-28-29-30-31-32-33-34-35-36-37-38-39-40-41-42-44-46-48-50-52-58(66)63-55(56(65)51-49-47-45-43-12-10-8-6-4-2)54-70-62-61(69)60(68)59(67)57(53-64)71-62/h27-28,49,51,55-57,59-62,64-65,67-69H,3-26,29-48,50,52-54H2,1-2H3,(H,63,66)/b28-27-,51-49+. The highest BCUT2D eigenvalue weighted by Gasteiger charge is 2.44. The van der Waals surface area contributed by atoms with Crippen molar-refractivity contribution < 1.29 is 39.8 Å². The summed E-state index contributed by atoms with van der Waals surface area (Å²) >= 11 is 0. The van der Waals surface area contributed by atoms with Crippen LogP contribution in [0.15, 0.2) is 24.3 Å². The lowest BCUT2D eigenvalue weighted by atomic mass is 9.99. The van der Waals surface area contributed by atoms with Crippen LogP contribution in [0.2, 0.25) is 0 Å². The number of rotatable bonds is 54. The zero-order chi connectivity index (χ0) is 51.5. The smallest absolute Gasteiger partial charge is 0.220 e. The predicted molar refractivity (Wildman–Crippen MR) is 300 cm³/mol. The summed E-state index contributed by atoms with van der Waals surface area (Å²) in [5.74, 6) is -0.175. The fraction of sp³-hybridized carbons (Fsp3) is 0.919. The Morgan fingerprint density at radius 2 is 0.789 bits per heavy atom. The van der Waals surface area contributed by atoms with Crippen LogP contribution in [0.4, 0.5) is 0 Å². The van der Waals surface area contributed by atoms with Crippen molar-refractivity contribution in [2.75, 3.05) is 13.2 Å². The first-order valence-electron chi connectivity index (χ1n) is 31.1. The Morgan fingerprint density at radius 3 is 1.14 bits per heavy atom. The molecule has 0 radical (unpaired) electrons. The van der Waals surface area contributed by atoms with Crippen LogP contribution < -0.4 is 5.32 Å². The molecule has 0 aromatic carbocycles. The lowest BCUT2D eigenvalue weighted by Gasteiger charge is -2.40. The molecule has 0 spiro atoms. The van der Waals surface area contributed by atoms with E-state index in [2.05, 4.69) is 31.3 Å². The van der Waals surface area contributed by atoms with Crippen molar-refractivity contribution >= 4 is 5.91 Å². The third kappa shape index (κ3) is 41.6. The summed E-state index contributed by atoms with van der Waals surface area (Å²) in [7, 11) is 0. The zero-order valence-electron chi connectivity index (χ0n) is 46.8. The second-order valence-electron chi connectivity index (χ2n) is 21.9. The first-order chi connectivity index (χ1) is 34.8. The van der Waals surface area contributed by atoms with Gasteiger partial charge in [-0.3, -0.25) is 4.79 Å². The largest absolute Gasteiger partial charge is 0.394 e. The summed E-state index contributed by atoms with van der Waals surface area (Å²) in [6.45, 7) is 3.77. The lowest BCUT2D eigenvalue weighted by molar-refractivity contribution is -0.302. The molecule has 7 unspecified atom stereocenters. The van der Waals surface area contributed by atoms with E-state index in [1.807, 2.05) is 6.08 Å². The zero-order valence-corrected chi connectivity index (χ0v) is 46.8. The first-order valence-corrected chi connectivity index (χ1v) is 31.1. The molecule has 9 nitrogen and oxygen atoms in total. The van der Waals surface area contributed by atoms with Crippen LogP contribution in [0.1, 0.15) is 309 Å². The van der Waals surface area contributed by atoms with Gasteiger partial charge in [0.25, 0.3) is 0 Å². The molecular formula is C62H119NO8. The summed E-state index contributed by atoms with van der Waals surface area (Å²) in [6.07, 6.45) is 60.3. The van der Waals surface area contributed by atoms with Gasteiger partial charge in [-0.25, -0.2) is 0 Å². The summed E-state index contributed by atoms with van der Waals surface area (Å²) in [6, 6.07) is -0.800. The Labute approximate surface area is 439 Å². The van der Waals surface area contributed by atoms with Gasteiger partial charge in [0, 0.05) is 6.42 Å². The van der Waals surface area contributed by atoms with Crippen LogP contribution >= 0.6 is 0 Å². The lowest BCUT2D eigenvalue weighted by Crippen LogP contribution is -2.60. The molecule has 420 valence electrons. The van der Waals surface area contributed by atoms with E-state index in [-0.39, 0.29) is 12.5 Å². The molecule has 1 aliphatic heterocycles. The molecule has 1 amide bonds. The highest BCUT2D eigenvalue weighted by atomic mass is 16.7. The Morgan fingerprint density at radius 1 is 0.465 bits per heavy atom. The molecule has 6 N–H and O–H groups in total. The van der Waals surface area contributed by atoms with E-state index in [0.29, 0.717) is 6.42 Å². The number of aliphatic hydroxyl groups excluding tert-OH is 5. The van der Waals surface area contributed by atoms with E-state index in [1.165, 1.54) is 250 Å². The van der Waals surface area contributed by atoms with Gasteiger partial charge in [0.15, 0.2) is 6.29 Å². The summed E-state index contributed by atoms with van der Waals surface area (Å²) in [5.41, 5.74) is 0. The number of carbonyl (C=O) groups excluding carboxylic acids is 1. The summed E-state index contributed by atoms with van der Waals surface area (Å²) in [5, 5.41) is 54.2. The van der Waals surface area contributed by atoms with Crippen LogP contribution in [0.5, 0.6) is 0 Å². The average molecular weight is 1010 g/mol. The first kappa shape index (κ1) is 67.7. The minimum atomic E-state index is -1.56. The van der Waals surface area contributed by atoms with Gasteiger partial charge in [-0.15, -0.1) is 0 Å².